The quantitative estimate of drug-likeness (QED) is 0.446. The van der Waals surface area contributed by atoms with Crippen LogP contribution in [0, 0.1) is 11.3 Å². The molecular weight excluding hydrogens is 326 g/mol. The first-order valence-corrected chi connectivity index (χ1v) is 9.55. The van der Waals surface area contributed by atoms with Gasteiger partial charge in [-0.3, -0.25) is 4.79 Å². The molecule has 3 rings (SSSR count). The van der Waals surface area contributed by atoms with Gasteiger partial charge in [0.05, 0.1) is 5.56 Å². The monoisotopic (exact) mass is 341 g/mol. The SMILES string of the molecule is CC(C)c1cc2ccccc2c(OC(=O)C2C=CSS2)c1C#N. The summed E-state index contributed by atoms with van der Waals surface area (Å²) in [5.41, 5.74) is 1.35. The summed E-state index contributed by atoms with van der Waals surface area (Å²) in [5, 5.41) is 12.9. The molecule has 0 spiro atoms. The summed E-state index contributed by atoms with van der Waals surface area (Å²) >= 11 is 0. The van der Waals surface area contributed by atoms with E-state index in [9.17, 15) is 10.1 Å². The lowest BCUT2D eigenvalue weighted by atomic mass is 9.93. The van der Waals surface area contributed by atoms with Crippen molar-refractivity contribution in [3.63, 3.8) is 0 Å². The van der Waals surface area contributed by atoms with E-state index in [0.717, 1.165) is 16.3 Å². The summed E-state index contributed by atoms with van der Waals surface area (Å²) in [7, 11) is 2.96. The highest BCUT2D eigenvalue weighted by Crippen LogP contribution is 2.39. The molecule has 0 bridgehead atoms. The molecule has 0 aromatic heterocycles. The van der Waals surface area contributed by atoms with Crippen molar-refractivity contribution >= 4 is 38.3 Å². The fourth-order valence-corrected chi connectivity index (χ4v) is 4.46. The molecule has 1 atom stereocenters. The number of fused-ring (bicyclic) bond motifs is 1. The number of hydrogen-bond donors (Lipinski definition) is 0. The summed E-state index contributed by atoms with van der Waals surface area (Å²) in [4.78, 5) is 12.4. The van der Waals surface area contributed by atoms with E-state index in [-0.39, 0.29) is 17.1 Å². The molecule has 0 fully saturated rings. The van der Waals surface area contributed by atoms with Gasteiger partial charge in [-0.05, 0) is 28.3 Å². The Hall–Kier alpha value is -1.90. The second kappa shape index (κ2) is 6.69. The fourth-order valence-electron chi connectivity index (χ4n) is 2.52. The third kappa shape index (κ3) is 3.10. The zero-order chi connectivity index (χ0) is 16.4. The molecule has 116 valence electrons. The number of carbonyl (C=O) groups is 1. The number of nitriles is 1. The molecule has 0 saturated heterocycles. The smallest absolute Gasteiger partial charge is 0.329 e. The minimum atomic E-state index is -0.334. The van der Waals surface area contributed by atoms with E-state index < -0.39 is 0 Å². The van der Waals surface area contributed by atoms with E-state index in [4.69, 9.17) is 4.74 Å². The van der Waals surface area contributed by atoms with Crippen LogP contribution >= 0.6 is 21.6 Å². The minimum Gasteiger partial charge on any atom is -0.423 e. The number of hydrogen-bond acceptors (Lipinski definition) is 5. The van der Waals surface area contributed by atoms with Gasteiger partial charge in [0.2, 0.25) is 0 Å². The summed E-state index contributed by atoms with van der Waals surface area (Å²) < 4.78 is 5.68. The van der Waals surface area contributed by atoms with Crippen molar-refractivity contribution in [3.05, 3.63) is 52.9 Å². The predicted octanol–water partition coefficient (Wildman–Crippen LogP) is 5.02. The summed E-state index contributed by atoms with van der Waals surface area (Å²) in [6.07, 6.45) is 1.82. The van der Waals surface area contributed by atoms with E-state index in [1.165, 1.54) is 21.6 Å². The maximum Gasteiger partial charge on any atom is 0.329 e. The van der Waals surface area contributed by atoms with Crippen LogP contribution in [0.3, 0.4) is 0 Å². The Labute approximate surface area is 143 Å². The first-order chi connectivity index (χ1) is 11.1. The maximum absolute atomic E-state index is 12.4. The Bertz CT molecular complexity index is 837. The van der Waals surface area contributed by atoms with Gasteiger partial charge in [-0.1, -0.05) is 65.8 Å². The van der Waals surface area contributed by atoms with Gasteiger partial charge in [-0.15, -0.1) is 0 Å². The Morgan fingerprint density at radius 2 is 2.13 bits per heavy atom. The summed E-state index contributed by atoms with van der Waals surface area (Å²) in [5.74, 6) is 0.215. The maximum atomic E-state index is 12.4. The molecule has 1 heterocycles. The van der Waals surface area contributed by atoms with Gasteiger partial charge >= 0.3 is 5.97 Å². The second-order valence-corrected chi connectivity index (χ2v) is 7.84. The van der Waals surface area contributed by atoms with Crippen molar-refractivity contribution in [2.24, 2.45) is 0 Å². The highest BCUT2D eigenvalue weighted by molar-refractivity contribution is 8.78. The van der Waals surface area contributed by atoms with Gasteiger partial charge in [-0.2, -0.15) is 5.26 Å². The number of nitrogens with zero attached hydrogens (tertiary/aromatic N) is 1. The first kappa shape index (κ1) is 16.0. The normalized spacial score (nSPS) is 16.7. The van der Waals surface area contributed by atoms with E-state index in [1.807, 2.05) is 55.7 Å². The average molecular weight is 341 g/mol. The van der Waals surface area contributed by atoms with Gasteiger partial charge in [0.1, 0.15) is 11.3 Å². The minimum absolute atomic E-state index is 0.169. The third-order valence-corrected chi connectivity index (χ3v) is 5.89. The van der Waals surface area contributed by atoms with Crippen LogP contribution in [0.2, 0.25) is 0 Å². The van der Waals surface area contributed by atoms with Crippen LogP contribution < -0.4 is 4.74 Å². The molecule has 0 radical (unpaired) electrons. The van der Waals surface area contributed by atoms with E-state index >= 15 is 0 Å². The largest absolute Gasteiger partial charge is 0.423 e. The molecule has 0 aliphatic carbocycles. The molecule has 2 aromatic rings. The van der Waals surface area contributed by atoms with Gasteiger partial charge in [0.25, 0.3) is 0 Å². The van der Waals surface area contributed by atoms with Crippen LogP contribution in [0.1, 0.15) is 30.9 Å². The molecule has 1 unspecified atom stereocenters. The summed E-state index contributed by atoms with van der Waals surface area (Å²) in [6.45, 7) is 4.06. The van der Waals surface area contributed by atoms with Crippen LogP contribution in [0.5, 0.6) is 5.75 Å². The average Bonchev–Trinajstić information content (AvgIpc) is 3.08. The molecule has 1 aliphatic rings. The standard InChI is InChI=1S/C18H15NO2S2/c1-11(2)14-9-12-5-3-4-6-13(12)17(15(14)10-19)21-18(20)16-7-8-22-23-16/h3-9,11,16H,1-2H3. The molecule has 5 heteroatoms. The van der Waals surface area contributed by atoms with E-state index in [0.29, 0.717) is 11.3 Å². The molecule has 1 aliphatic heterocycles. The number of carbonyl (C=O) groups excluding carboxylic acids is 1. The van der Waals surface area contributed by atoms with Crippen LogP contribution in [0.15, 0.2) is 41.8 Å². The molecular formula is C18H15NO2S2. The van der Waals surface area contributed by atoms with Crippen molar-refractivity contribution in [2.75, 3.05) is 0 Å². The number of esters is 1. The zero-order valence-corrected chi connectivity index (χ0v) is 14.4. The Kier molecular flexibility index (Phi) is 4.65. The summed E-state index contributed by atoms with van der Waals surface area (Å²) in [6, 6.07) is 11.9. The van der Waals surface area contributed by atoms with Crippen molar-refractivity contribution in [1.29, 1.82) is 5.26 Å². The molecule has 0 N–H and O–H groups in total. The second-order valence-electron chi connectivity index (χ2n) is 5.52. The Morgan fingerprint density at radius 1 is 1.35 bits per heavy atom. The van der Waals surface area contributed by atoms with Gasteiger partial charge in [0.15, 0.2) is 5.75 Å². The topological polar surface area (TPSA) is 50.1 Å². The lowest BCUT2D eigenvalue weighted by molar-refractivity contribution is -0.132. The molecule has 3 nitrogen and oxygen atoms in total. The number of rotatable bonds is 3. The fraction of sp³-hybridized carbons (Fsp3) is 0.222. The highest BCUT2D eigenvalue weighted by atomic mass is 33.1. The third-order valence-electron chi connectivity index (χ3n) is 3.67. The number of ether oxygens (including phenoxy) is 1. The molecule has 2 aromatic carbocycles. The molecule has 0 saturated carbocycles. The van der Waals surface area contributed by atoms with Crippen molar-refractivity contribution in [1.82, 2.24) is 0 Å². The van der Waals surface area contributed by atoms with Crippen LogP contribution in [0.4, 0.5) is 0 Å². The van der Waals surface area contributed by atoms with Gasteiger partial charge < -0.3 is 4.74 Å². The molecule has 0 amide bonds. The van der Waals surface area contributed by atoms with Crippen LogP contribution in [-0.4, -0.2) is 11.2 Å². The van der Waals surface area contributed by atoms with Crippen molar-refractivity contribution in [2.45, 2.75) is 25.0 Å². The van der Waals surface area contributed by atoms with E-state index in [1.54, 1.807) is 0 Å². The van der Waals surface area contributed by atoms with Crippen molar-refractivity contribution in [3.8, 4) is 11.8 Å². The van der Waals surface area contributed by atoms with Gasteiger partial charge in [-0.25, -0.2) is 0 Å². The zero-order valence-electron chi connectivity index (χ0n) is 12.8. The Balaban J connectivity index is 2.14. The van der Waals surface area contributed by atoms with E-state index in [2.05, 4.69) is 6.07 Å². The van der Waals surface area contributed by atoms with Crippen LogP contribution in [0.25, 0.3) is 10.8 Å². The molecule has 23 heavy (non-hydrogen) atoms. The Morgan fingerprint density at radius 3 is 2.78 bits per heavy atom. The predicted molar refractivity (Wildman–Crippen MR) is 96.5 cm³/mol. The number of benzene rings is 2. The van der Waals surface area contributed by atoms with Crippen LogP contribution in [-0.2, 0) is 4.79 Å². The highest BCUT2D eigenvalue weighted by Gasteiger charge is 2.25. The lowest BCUT2D eigenvalue weighted by Gasteiger charge is -2.16. The lowest BCUT2D eigenvalue weighted by Crippen LogP contribution is -2.20. The van der Waals surface area contributed by atoms with Crippen molar-refractivity contribution < 1.29 is 9.53 Å². The van der Waals surface area contributed by atoms with Gasteiger partial charge in [0, 0.05) is 5.39 Å². The first-order valence-electron chi connectivity index (χ1n) is 7.28.